The summed E-state index contributed by atoms with van der Waals surface area (Å²) in [5.41, 5.74) is -5.95. The fourth-order valence-electron chi connectivity index (χ4n) is 9.75. The van der Waals surface area contributed by atoms with Crippen molar-refractivity contribution in [2.75, 3.05) is 59.2 Å². The number of hydrogen-bond donors (Lipinski definition) is 6. The molecule has 2 aromatic heterocycles. The van der Waals surface area contributed by atoms with Crippen LogP contribution in [0.25, 0.3) is 10.1 Å². The highest BCUT2D eigenvalue weighted by Crippen LogP contribution is 2.59. The van der Waals surface area contributed by atoms with E-state index in [1.165, 1.54) is 35.2 Å². The largest absolute Gasteiger partial charge is 0.483 e. The number of fused-ring (bicyclic) bond motifs is 2. The molecule has 27 heteroatoms. The van der Waals surface area contributed by atoms with Crippen LogP contribution in [0, 0.1) is 0 Å². The number of thiophene rings is 1. The molecule has 6 N–H and O–H groups in total. The van der Waals surface area contributed by atoms with Gasteiger partial charge in [-0.05, 0) is 73.5 Å². The highest BCUT2D eigenvalue weighted by molar-refractivity contribution is 7.52. The van der Waals surface area contributed by atoms with Crippen LogP contribution in [-0.4, -0.2) is 160 Å². The van der Waals surface area contributed by atoms with E-state index in [2.05, 4.69) is 26.3 Å². The molecule has 3 unspecified atom stereocenters. The van der Waals surface area contributed by atoms with E-state index in [0.29, 0.717) is 29.7 Å². The number of ether oxygens (including phenoxy) is 3. The number of carbonyl (C=O) groups is 9. The highest BCUT2D eigenvalue weighted by Gasteiger charge is 2.52. The van der Waals surface area contributed by atoms with Crippen molar-refractivity contribution in [3.8, 4) is 5.75 Å². The Morgan fingerprint density at radius 3 is 2.41 bits per heavy atom. The summed E-state index contributed by atoms with van der Waals surface area (Å²) in [5.74, 6) is -5.13. The molecular formula is C51H57F2N8O15PS. The Bertz CT molecular complexity index is 3040. The van der Waals surface area contributed by atoms with E-state index >= 15 is 0 Å². The summed E-state index contributed by atoms with van der Waals surface area (Å²) in [6.07, 6.45) is 3.93. The van der Waals surface area contributed by atoms with Gasteiger partial charge in [0.25, 0.3) is 23.6 Å². The van der Waals surface area contributed by atoms with Gasteiger partial charge >= 0.3 is 13.3 Å². The zero-order valence-electron chi connectivity index (χ0n) is 42.2. The number of benzene rings is 2. The standard InChI is InChI=1S/C51H57F2N8O15PS/c1-2-34(60-20-7-3-4-10-33(47(60)68)56-45(66)38-26-30-25-31(13-15-37(30)78-38)51(52,53)77(71,72)73)48(69)59-28-50(29-59,39-12-5-6-18-54-39)58-41(63)17-21-74-23-24-75-22-19-55-42(64)27-76-36-11-8-9-32-43(36)49(70)61(46(32)67)35-14-16-40(62)57-44(35)65/h5-6,8-9,11-13,15,18,25-26,33-35H,2-4,7,10,14,16-17,19-24,27-29H2,1H3,(H,55,64)(H,56,66)(H,58,63)(H,57,62,65)(H2,71,72,73). The molecule has 4 aromatic rings. The van der Waals surface area contributed by atoms with Gasteiger partial charge in [-0.15, -0.1) is 11.3 Å². The summed E-state index contributed by atoms with van der Waals surface area (Å²) in [5, 5.41) is 10.7. The number of piperidine rings is 1. The number of amides is 9. The van der Waals surface area contributed by atoms with E-state index in [9.17, 15) is 66.3 Å². The Balaban J connectivity index is 0.766. The number of imide groups is 2. The van der Waals surface area contributed by atoms with Gasteiger partial charge in [-0.2, -0.15) is 8.78 Å². The first-order valence-electron chi connectivity index (χ1n) is 25.2. The van der Waals surface area contributed by atoms with Crippen LogP contribution in [0.3, 0.4) is 0 Å². The monoisotopic (exact) mass is 1120 g/mol. The third-order valence-electron chi connectivity index (χ3n) is 13.7. The van der Waals surface area contributed by atoms with Crippen LogP contribution in [0.15, 0.2) is 66.9 Å². The third-order valence-corrected chi connectivity index (χ3v) is 15.9. The molecule has 78 heavy (non-hydrogen) atoms. The molecule has 4 aliphatic heterocycles. The molecule has 0 radical (unpaired) electrons. The Labute approximate surface area is 448 Å². The second-order valence-corrected chi connectivity index (χ2v) is 21.8. The van der Waals surface area contributed by atoms with E-state index < -0.39 is 90.4 Å². The van der Waals surface area contributed by atoms with E-state index in [1.54, 1.807) is 36.2 Å². The van der Waals surface area contributed by atoms with Crippen molar-refractivity contribution in [1.82, 2.24) is 41.0 Å². The number of rotatable bonds is 22. The van der Waals surface area contributed by atoms with Crippen molar-refractivity contribution >= 4 is 82.2 Å². The molecular weight excluding hydrogens is 1070 g/mol. The average Bonchev–Trinajstić information content (AvgIpc) is 4.04. The van der Waals surface area contributed by atoms with E-state index in [0.717, 1.165) is 28.4 Å². The van der Waals surface area contributed by atoms with Crippen molar-refractivity contribution < 1.29 is 80.5 Å². The predicted octanol–water partition coefficient (Wildman–Crippen LogP) is 2.68. The molecule has 0 bridgehead atoms. The van der Waals surface area contributed by atoms with Crippen LogP contribution in [0.1, 0.15) is 99.9 Å². The predicted molar refractivity (Wildman–Crippen MR) is 272 cm³/mol. The molecule has 3 saturated heterocycles. The van der Waals surface area contributed by atoms with Crippen molar-refractivity contribution in [1.29, 1.82) is 0 Å². The van der Waals surface area contributed by atoms with Crippen LogP contribution in [0.2, 0.25) is 0 Å². The Morgan fingerprint density at radius 1 is 0.923 bits per heavy atom. The van der Waals surface area contributed by atoms with Gasteiger partial charge in [-0.3, -0.25) is 62.9 Å². The number of hydrogen-bond acceptors (Lipinski definition) is 15. The topological polar surface area (TPSA) is 310 Å². The number of carbonyl (C=O) groups excluding carboxylic acids is 9. The molecule has 3 fully saturated rings. The van der Waals surface area contributed by atoms with E-state index in [4.69, 9.17) is 14.2 Å². The van der Waals surface area contributed by atoms with Crippen LogP contribution >= 0.6 is 18.9 Å². The maximum absolute atomic E-state index is 14.5. The first-order valence-corrected chi connectivity index (χ1v) is 27.7. The van der Waals surface area contributed by atoms with Gasteiger partial charge in [0.05, 0.1) is 61.2 Å². The van der Waals surface area contributed by atoms with Crippen LogP contribution in [0.4, 0.5) is 8.78 Å². The normalized spacial score (nSPS) is 19.1. The number of aromatic nitrogens is 1. The molecule has 8 rings (SSSR count). The Morgan fingerprint density at radius 2 is 1.69 bits per heavy atom. The zero-order valence-corrected chi connectivity index (χ0v) is 43.9. The smallest absolute Gasteiger partial charge is 0.399 e. The molecule has 6 heterocycles. The van der Waals surface area contributed by atoms with Gasteiger partial charge in [0, 0.05) is 42.4 Å². The van der Waals surface area contributed by atoms with Crippen molar-refractivity contribution in [3.63, 3.8) is 0 Å². The van der Waals surface area contributed by atoms with Gasteiger partial charge < -0.3 is 49.7 Å². The second kappa shape index (κ2) is 24.3. The van der Waals surface area contributed by atoms with Gasteiger partial charge in [-0.25, -0.2) is 0 Å². The minimum absolute atomic E-state index is 0.0107. The summed E-state index contributed by atoms with van der Waals surface area (Å²) in [6.45, 7) is 2.12. The molecule has 3 atom stereocenters. The fourth-order valence-corrected chi connectivity index (χ4v) is 11.2. The summed E-state index contributed by atoms with van der Waals surface area (Å²) < 4.78 is 57.6. The molecule has 2 aromatic carbocycles. The summed E-state index contributed by atoms with van der Waals surface area (Å²) in [6, 6.07) is 10.8. The minimum Gasteiger partial charge on any atom is -0.483 e. The number of nitrogens with one attached hydrogen (secondary N) is 4. The molecule has 23 nitrogen and oxygen atoms in total. The minimum atomic E-state index is -5.83. The maximum Gasteiger partial charge on any atom is 0.399 e. The number of alkyl halides is 2. The van der Waals surface area contributed by atoms with Crippen molar-refractivity contribution in [2.45, 2.75) is 87.6 Å². The van der Waals surface area contributed by atoms with Gasteiger partial charge in [0.1, 0.15) is 29.4 Å². The number of halogens is 2. The Hall–Kier alpha value is -7.09. The van der Waals surface area contributed by atoms with Gasteiger partial charge in [0.2, 0.25) is 29.5 Å². The maximum atomic E-state index is 14.5. The number of nitrogens with zero attached hydrogens (tertiary/aromatic N) is 4. The zero-order chi connectivity index (χ0) is 55.9. The highest BCUT2D eigenvalue weighted by atomic mass is 32.1. The summed E-state index contributed by atoms with van der Waals surface area (Å²) in [7, 11) is -5.83. The summed E-state index contributed by atoms with van der Waals surface area (Å²) in [4.78, 5) is 145. The average molecular weight is 1120 g/mol. The second-order valence-electron chi connectivity index (χ2n) is 19.1. The lowest BCUT2D eigenvalue weighted by molar-refractivity contribution is -0.154. The lowest BCUT2D eigenvalue weighted by Gasteiger charge is -2.51. The first kappa shape index (κ1) is 57.1. The van der Waals surface area contributed by atoms with Crippen LogP contribution < -0.4 is 26.0 Å². The fraction of sp³-hybridized carbons (Fsp3) is 0.451. The summed E-state index contributed by atoms with van der Waals surface area (Å²) >= 11 is 0.959. The van der Waals surface area contributed by atoms with Crippen molar-refractivity contribution in [2.24, 2.45) is 0 Å². The number of pyridine rings is 1. The molecule has 0 aliphatic carbocycles. The van der Waals surface area contributed by atoms with Crippen LogP contribution in [0.5, 0.6) is 5.75 Å². The lowest BCUT2D eigenvalue weighted by atomic mass is 9.84. The van der Waals surface area contributed by atoms with E-state index in [1.807, 2.05) is 0 Å². The molecule has 4 aliphatic rings. The van der Waals surface area contributed by atoms with Gasteiger partial charge in [0.15, 0.2) is 6.61 Å². The van der Waals surface area contributed by atoms with Crippen molar-refractivity contribution in [3.05, 3.63) is 94.1 Å². The SMILES string of the molecule is CCC(C(=O)N1CC(NC(=O)CCOCCOCCNC(=O)COc2cccc3c2C(=O)N(C2CCC(=O)NC2=O)C3=O)(c2ccccn2)C1)N1CCCCCC(NC(=O)c2cc3cc(C(F)(F)P(=O)(O)O)ccc3s2)C1=O. The molecule has 9 amide bonds. The Kier molecular flexibility index (Phi) is 17.8. The lowest BCUT2D eigenvalue weighted by Crippen LogP contribution is -2.71. The molecule has 0 spiro atoms. The van der Waals surface area contributed by atoms with E-state index in [-0.39, 0.29) is 124 Å². The number of likely N-dealkylation sites (tertiary alicyclic amines) is 2. The van der Waals surface area contributed by atoms with Crippen LogP contribution in [-0.2, 0) is 54.0 Å². The first-order chi connectivity index (χ1) is 37.2. The third kappa shape index (κ3) is 12.4. The quantitative estimate of drug-likeness (QED) is 0.0374. The van der Waals surface area contributed by atoms with Gasteiger partial charge in [-0.1, -0.05) is 38.0 Å². The molecule has 0 saturated carbocycles. The molecule has 416 valence electrons.